The predicted octanol–water partition coefficient (Wildman–Crippen LogP) is 25.5. The van der Waals surface area contributed by atoms with Gasteiger partial charge >= 0.3 is 17.9 Å². The molecule has 0 aromatic heterocycles. The zero-order valence-corrected chi connectivity index (χ0v) is 55.5. The average molecular weight is 1150 g/mol. The lowest BCUT2D eigenvalue weighted by molar-refractivity contribution is -0.167. The maximum absolute atomic E-state index is 13.0. The summed E-state index contributed by atoms with van der Waals surface area (Å²) >= 11 is 0. The molecule has 0 aliphatic heterocycles. The molecule has 0 saturated carbocycles. The van der Waals surface area contributed by atoms with Gasteiger partial charge in [-0.2, -0.15) is 0 Å². The second kappa shape index (κ2) is 71.1. The molecule has 0 aromatic carbocycles. The van der Waals surface area contributed by atoms with Crippen molar-refractivity contribution < 1.29 is 28.6 Å². The maximum Gasteiger partial charge on any atom is 0.306 e. The molecule has 1 unspecified atom stereocenters. The van der Waals surface area contributed by atoms with Gasteiger partial charge in [0.2, 0.25) is 0 Å². The Morgan fingerprint density at radius 2 is 0.476 bits per heavy atom. The minimum atomic E-state index is -0.782. The van der Waals surface area contributed by atoms with E-state index in [9.17, 15) is 14.4 Å². The molecule has 0 aliphatic carbocycles. The smallest absolute Gasteiger partial charge is 0.306 e. The molecule has 1 atom stereocenters. The van der Waals surface area contributed by atoms with Crippen molar-refractivity contribution in [2.45, 2.75) is 419 Å². The Kier molecular flexibility index (Phi) is 69.1. The van der Waals surface area contributed by atoms with Gasteiger partial charge in [-0.25, -0.2) is 0 Å². The lowest BCUT2D eigenvalue weighted by Gasteiger charge is -2.18. The van der Waals surface area contributed by atoms with Crippen molar-refractivity contribution in [3.63, 3.8) is 0 Å². The molecule has 0 amide bonds. The number of hydrogen-bond acceptors (Lipinski definition) is 6. The molecule has 482 valence electrons. The summed E-state index contributed by atoms with van der Waals surface area (Å²) in [6, 6.07) is 0. The summed E-state index contributed by atoms with van der Waals surface area (Å²) in [5.41, 5.74) is 0. The first kappa shape index (κ1) is 79.6. The fourth-order valence-corrected chi connectivity index (χ4v) is 11.4. The largest absolute Gasteiger partial charge is 0.462 e. The van der Waals surface area contributed by atoms with Gasteiger partial charge in [0.1, 0.15) is 13.2 Å². The molecule has 0 fully saturated rings. The van der Waals surface area contributed by atoms with Crippen LogP contribution in [0.4, 0.5) is 0 Å². The average Bonchev–Trinajstić information content (AvgIpc) is 3.48. The van der Waals surface area contributed by atoms with E-state index in [-0.39, 0.29) is 31.1 Å². The zero-order valence-electron chi connectivity index (χ0n) is 55.5. The highest BCUT2D eigenvalue weighted by atomic mass is 16.6. The molecule has 0 aliphatic rings. The lowest BCUT2D eigenvalue weighted by Crippen LogP contribution is -2.30. The van der Waals surface area contributed by atoms with Gasteiger partial charge in [0.25, 0.3) is 0 Å². The zero-order chi connectivity index (χ0) is 59.2. The fourth-order valence-electron chi connectivity index (χ4n) is 11.4. The first-order valence-electron chi connectivity index (χ1n) is 37.0. The summed E-state index contributed by atoms with van der Waals surface area (Å²) in [5, 5.41) is 0. The van der Waals surface area contributed by atoms with Crippen molar-refractivity contribution in [1.82, 2.24) is 0 Å². The van der Waals surface area contributed by atoms with Crippen LogP contribution in [0.25, 0.3) is 0 Å². The van der Waals surface area contributed by atoms with Crippen LogP contribution in [-0.4, -0.2) is 37.2 Å². The highest BCUT2D eigenvalue weighted by molar-refractivity contribution is 5.71. The second-order valence-electron chi connectivity index (χ2n) is 25.2. The minimum Gasteiger partial charge on any atom is -0.462 e. The van der Waals surface area contributed by atoms with Crippen LogP contribution in [0.15, 0.2) is 36.5 Å². The highest BCUT2D eigenvalue weighted by Gasteiger charge is 2.19. The third-order valence-corrected chi connectivity index (χ3v) is 16.9. The molecule has 0 spiro atoms. The van der Waals surface area contributed by atoms with E-state index in [1.54, 1.807) is 0 Å². The fraction of sp³-hybridized carbons (Fsp3) is 0.882. The number of rotatable bonds is 69. The van der Waals surface area contributed by atoms with E-state index in [0.29, 0.717) is 19.3 Å². The van der Waals surface area contributed by atoms with Crippen molar-refractivity contribution in [1.29, 1.82) is 0 Å². The summed E-state index contributed by atoms with van der Waals surface area (Å²) in [4.78, 5) is 38.4. The monoisotopic (exact) mass is 1150 g/mol. The normalized spacial score (nSPS) is 12.2. The van der Waals surface area contributed by atoms with Crippen molar-refractivity contribution >= 4 is 17.9 Å². The summed E-state index contributed by atoms with van der Waals surface area (Å²) in [6.45, 7) is 6.59. The number of esters is 3. The highest BCUT2D eigenvalue weighted by Crippen LogP contribution is 2.19. The van der Waals surface area contributed by atoms with Crippen LogP contribution in [0.3, 0.4) is 0 Å². The standard InChI is InChI=1S/C76H142O6/c1-4-7-10-13-16-19-22-25-27-29-31-33-35-36-37-38-39-40-41-43-44-46-48-51-54-57-60-63-66-69-75(78)81-72-73(71-80-74(77)68-65-62-59-56-53-50-24-21-18-15-12-9-6-3)82-76(79)70-67-64-61-58-55-52-49-47-45-42-34-32-30-28-26-23-20-17-14-11-8-5-2/h9,12,18,21,50,53,73H,4-8,10-11,13-17,19-20,22-49,51-52,54-72H2,1-3H3/b12-9-,21-18-,53-50-. The maximum atomic E-state index is 13.0. The SMILES string of the molecule is CC/C=C\C/C=C\C/C=C\CCCCCC(=O)OCC(COC(=O)CCCCCCCCCCCCCCCCCCCCCCCCCCCCCCC)OC(=O)CCCCCCCCCCCCCCCCCCCCCCCC. The third-order valence-electron chi connectivity index (χ3n) is 16.9. The van der Waals surface area contributed by atoms with Crippen molar-refractivity contribution in [3.05, 3.63) is 36.5 Å². The third kappa shape index (κ3) is 68.4. The molecule has 6 heteroatoms. The number of ether oxygens (including phenoxy) is 3. The molecule has 0 rings (SSSR count). The molecule has 82 heavy (non-hydrogen) atoms. The van der Waals surface area contributed by atoms with Crippen LogP contribution in [0.5, 0.6) is 0 Å². The quantitative estimate of drug-likeness (QED) is 0.0261. The van der Waals surface area contributed by atoms with Crippen LogP contribution in [-0.2, 0) is 28.6 Å². The predicted molar refractivity (Wildman–Crippen MR) is 358 cm³/mol. The number of hydrogen-bond donors (Lipinski definition) is 0. The van der Waals surface area contributed by atoms with Gasteiger partial charge in [-0.3, -0.25) is 14.4 Å². The molecule has 0 saturated heterocycles. The van der Waals surface area contributed by atoms with Crippen LogP contribution in [0, 0.1) is 0 Å². The van der Waals surface area contributed by atoms with Crippen LogP contribution in [0.2, 0.25) is 0 Å². The van der Waals surface area contributed by atoms with Gasteiger partial charge in [0.05, 0.1) is 0 Å². The summed E-state index contributed by atoms with van der Waals surface area (Å²) in [5.74, 6) is -0.875. The molecule has 0 N–H and O–H groups in total. The summed E-state index contributed by atoms with van der Waals surface area (Å²) < 4.78 is 17.0. The number of unbranched alkanes of at least 4 members (excludes halogenated alkanes) is 52. The van der Waals surface area contributed by atoms with Gasteiger partial charge in [0, 0.05) is 19.3 Å². The topological polar surface area (TPSA) is 78.9 Å². The van der Waals surface area contributed by atoms with E-state index in [1.165, 1.54) is 289 Å². The Morgan fingerprint density at radius 1 is 0.256 bits per heavy atom. The van der Waals surface area contributed by atoms with E-state index in [2.05, 4.69) is 57.2 Å². The Hall–Kier alpha value is -2.37. The van der Waals surface area contributed by atoms with Gasteiger partial charge in [-0.15, -0.1) is 0 Å². The minimum absolute atomic E-state index is 0.0757. The van der Waals surface area contributed by atoms with Crippen molar-refractivity contribution in [2.75, 3.05) is 13.2 Å². The van der Waals surface area contributed by atoms with Gasteiger partial charge in [0.15, 0.2) is 6.10 Å². The first-order valence-corrected chi connectivity index (χ1v) is 37.0. The number of carbonyl (C=O) groups excluding carboxylic acids is 3. The molecule has 6 nitrogen and oxygen atoms in total. The first-order chi connectivity index (χ1) is 40.5. The van der Waals surface area contributed by atoms with Gasteiger partial charge in [-0.1, -0.05) is 378 Å². The Bertz CT molecular complexity index is 1370. The lowest BCUT2D eigenvalue weighted by atomic mass is 10.0. The number of carbonyl (C=O) groups is 3. The molecule has 0 bridgehead atoms. The molecule has 0 aromatic rings. The summed E-state index contributed by atoms with van der Waals surface area (Å²) in [7, 11) is 0. The van der Waals surface area contributed by atoms with Crippen LogP contribution >= 0.6 is 0 Å². The van der Waals surface area contributed by atoms with E-state index < -0.39 is 6.10 Å². The number of allylic oxidation sites excluding steroid dienone is 6. The van der Waals surface area contributed by atoms with E-state index in [1.807, 2.05) is 0 Å². The van der Waals surface area contributed by atoms with Gasteiger partial charge < -0.3 is 14.2 Å². The van der Waals surface area contributed by atoms with E-state index >= 15 is 0 Å². The molecule has 0 radical (unpaired) electrons. The molecular weight excluding hydrogens is 1010 g/mol. The van der Waals surface area contributed by atoms with E-state index in [4.69, 9.17) is 14.2 Å². The Labute approximate surface area is 512 Å². The summed E-state index contributed by atoms with van der Waals surface area (Å²) in [6.07, 6.45) is 89.2. The van der Waals surface area contributed by atoms with Crippen LogP contribution < -0.4 is 0 Å². The van der Waals surface area contributed by atoms with Gasteiger partial charge in [-0.05, 0) is 51.4 Å². The second-order valence-corrected chi connectivity index (χ2v) is 25.2. The van der Waals surface area contributed by atoms with Crippen molar-refractivity contribution in [3.8, 4) is 0 Å². The van der Waals surface area contributed by atoms with Crippen LogP contribution in [0.1, 0.15) is 412 Å². The molecule has 0 heterocycles. The Morgan fingerprint density at radius 3 is 0.744 bits per heavy atom. The Balaban J connectivity index is 4.17. The van der Waals surface area contributed by atoms with Crippen molar-refractivity contribution in [2.24, 2.45) is 0 Å². The molecular formula is C76H142O6. The van der Waals surface area contributed by atoms with E-state index in [0.717, 1.165) is 83.5 Å².